The summed E-state index contributed by atoms with van der Waals surface area (Å²) < 4.78 is 17.6. The SMILES string of the molecule is C[C@H](NC(=O)c1cnc2n1[C@](C)(Cc1ccc(C#N)cc1)C(=O)N2c1cc(Cl)c(F)c(Cl)c1)C(=O)NC1(c2ccc(-c3cnn(C)c3)cn2)CC1. The number of fused-ring (bicyclic) bond motifs is 1. The molecular weight excluding hydrogens is 696 g/mol. The van der Waals surface area contributed by atoms with Crippen LogP contribution in [-0.2, 0) is 34.1 Å². The molecule has 2 aliphatic rings. The van der Waals surface area contributed by atoms with Gasteiger partial charge in [-0.2, -0.15) is 10.4 Å². The van der Waals surface area contributed by atoms with E-state index in [4.69, 9.17) is 23.2 Å². The second kappa shape index (κ2) is 12.6. The van der Waals surface area contributed by atoms with Crippen molar-refractivity contribution in [1.29, 1.82) is 5.26 Å². The van der Waals surface area contributed by atoms with Crippen LogP contribution in [-0.4, -0.2) is 48.1 Å². The first-order valence-corrected chi connectivity index (χ1v) is 16.7. The molecule has 1 saturated carbocycles. The standard InChI is InChI=1S/C36H30Cl2FN9O3/c1-20(31(49)45-36(10-11-36)29-9-8-23(16-41-29)24-17-43-46(3)19-24)44-32(50)28-18-42-34-47(25-12-26(37)30(39)27(38)13-25)33(51)35(2,48(28)34)14-21-4-6-22(15-40)7-5-21/h4-9,12-13,16-20H,10-11,14H2,1-3H3,(H,44,50)(H,45,49)/t20-,35+/m0/s1. The van der Waals surface area contributed by atoms with Gasteiger partial charge in [0.1, 0.15) is 17.3 Å². The normalized spacial score (nSPS) is 17.8. The molecule has 5 aromatic rings. The van der Waals surface area contributed by atoms with Crippen LogP contribution in [0.2, 0.25) is 10.0 Å². The third-order valence-electron chi connectivity index (χ3n) is 9.34. The van der Waals surface area contributed by atoms with Crippen LogP contribution in [0.5, 0.6) is 0 Å². The van der Waals surface area contributed by atoms with Gasteiger partial charge in [-0.1, -0.05) is 41.4 Å². The van der Waals surface area contributed by atoms with E-state index in [0.29, 0.717) is 29.7 Å². The minimum Gasteiger partial charge on any atom is -0.343 e. The molecule has 4 heterocycles. The van der Waals surface area contributed by atoms with Gasteiger partial charge in [0, 0.05) is 37.0 Å². The van der Waals surface area contributed by atoms with E-state index < -0.39 is 40.7 Å². The first-order valence-electron chi connectivity index (χ1n) is 16.0. The number of carbonyl (C=O) groups is 3. The number of aryl methyl sites for hydroxylation is 1. The van der Waals surface area contributed by atoms with Crippen molar-refractivity contribution in [3.8, 4) is 17.2 Å². The van der Waals surface area contributed by atoms with Gasteiger partial charge in [0.25, 0.3) is 11.8 Å². The van der Waals surface area contributed by atoms with Crippen LogP contribution in [0, 0.1) is 17.1 Å². The van der Waals surface area contributed by atoms with Crippen molar-refractivity contribution in [2.45, 2.75) is 50.2 Å². The summed E-state index contributed by atoms with van der Waals surface area (Å²) in [5, 5.41) is 18.7. The summed E-state index contributed by atoms with van der Waals surface area (Å²) in [5.74, 6) is -2.29. The first-order chi connectivity index (χ1) is 24.3. The van der Waals surface area contributed by atoms with Crippen molar-refractivity contribution in [2.75, 3.05) is 4.90 Å². The van der Waals surface area contributed by atoms with E-state index in [1.807, 2.05) is 25.4 Å². The van der Waals surface area contributed by atoms with E-state index in [9.17, 15) is 24.0 Å². The molecule has 3 amide bonds. The fraction of sp³-hybridized carbons (Fsp3) is 0.250. The molecule has 12 nitrogen and oxygen atoms in total. The number of hydrogen-bond donors (Lipinski definition) is 2. The Bertz CT molecular complexity index is 2240. The monoisotopic (exact) mass is 725 g/mol. The number of imidazole rings is 1. The molecule has 0 unspecified atom stereocenters. The highest BCUT2D eigenvalue weighted by Crippen LogP contribution is 2.46. The van der Waals surface area contributed by atoms with Gasteiger partial charge in [-0.25, -0.2) is 14.3 Å². The molecule has 2 aromatic carbocycles. The van der Waals surface area contributed by atoms with E-state index in [0.717, 1.165) is 11.1 Å². The number of nitrogens with one attached hydrogen (secondary N) is 2. The van der Waals surface area contributed by atoms with Crippen LogP contribution in [0.3, 0.4) is 0 Å². The lowest BCUT2D eigenvalue weighted by molar-refractivity contribution is -0.124. The number of rotatable bonds is 9. The van der Waals surface area contributed by atoms with Crippen LogP contribution in [0.4, 0.5) is 16.0 Å². The van der Waals surface area contributed by atoms with Crippen molar-refractivity contribution in [1.82, 2.24) is 34.9 Å². The number of amides is 3. The maximum Gasteiger partial charge on any atom is 0.270 e. The number of anilines is 2. The van der Waals surface area contributed by atoms with Crippen LogP contribution in [0.25, 0.3) is 11.1 Å². The highest BCUT2D eigenvalue weighted by atomic mass is 35.5. The summed E-state index contributed by atoms with van der Waals surface area (Å²) >= 11 is 12.2. The van der Waals surface area contributed by atoms with Gasteiger partial charge in [0.05, 0.1) is 51.0 Å². The predicted octanol–water partition coefficient (Wildman–Crippen LogP) is 5.56. The molecule has 1 aliphatic heterocycles. The Kier molecular flexibility index (Phi) is 8.40. The zero-order valence-corrected chi connectivity index (χ0v) is 29.1. The molecule has 2 atom stereocenters. The minimum atomic E-state index is -1.42. The highest BCUT2D eigenvalue weighted by molar-refractivity contribution is 6.35. The average molecular weight is 727 g/mol. The average Bonchev–Trinajstić information content (AvgIpc) is 3.44. The highest BCUT2D eigenvalue weighted by Gasteiger charge is 2.51. The molecule has 15 heteroatoms. The van der Waals surface area contributed by atoms with Gasteiger partial charge in [0.2, 0.25) is 11.9 Å². The molecule has 1 fully saturated rings. The van der Waals surface area contributed by atoms with E-state index >= 15 is 0 Å². The molecule has 0 radical (unpaired) electrons. The summed E-state index contributed by atoms with van der Waals surface area (Å²) in [6, 6.07) is 14.2. The topological polar surface area (TPSA) is 151 Å². The Morgan fingerprint density at radius 3 is 2.33 bits per heavy atom. The molecule has 2 N–H and O–H groups in total. The molecule has 0 spiro atoms. The predicted molar refractivity (Wildman–Crippen MR) is 187 cm³/mol. The number of halogens is 3. The zero-order valence-electron chi connectivity index (χ0n) is 27.6. The summed E-state index contributed by atoms with van der Waals surface area (Å²) in [6.45, 7) is 3.22. The number of benzene rings is 2. The van der Waals surface area contributed by atoms with Gasteiger partial charge < -0.3 is 10.6 Å². The smallest absolute Gasteiger partial charge is 0.270 e. The van der Waals surface area contributed by atoms with Crippen molar-refractivity contribution in [3.05, 3.63) is 112 Å². The number of hydrogen-bond acceptors (Lipinski definition) is 7. The third-order valence-corrected chi connectivity index (χ3v) is 9.89. The lowest BCUT2D eigenvalue weighted by Crippen LogP contribution is -2.49. The number of pyridine rings is 1. The Morgan fingerprint density at radius 2 is 1.75 bits per heavy atom. The molecule has 0 saturated heterocycles. The Hall–Kier alpha value is -5.58. The van der Waals surface area contributed by atoms with Crippen molar-refractivity contribution in [3.63, 3.8) is 0 Å². The van der Waals surface area contributed by atoms with E-state index in [1.165, 1.54) is 27.8 Å². The molecule has 3 aromatic heterocycles. The lowest BCUT2D eigenvalue weighted by atomic mass is 9.91. The second-order valence-electron chi connectivity index (χ2n) is 13.0. The molecule has 1 aliphatic carbocycles. The first kappa shape index (κ1) is 33.9. The lowest BCUT2D eigenvalue weighted by Gasteiger charge is -2.27. The van der Waals surface area contributed by atoms with E-state index in [2.05, 4.69) is 31.8 Å². The Balaban J connectivity index is 1.14. The van der Waals surface area contributed by atoms with Gasteiger partial charge in [-0.3, -0.25) is 28.6 Å². The Labute approximate surface area is 301 Å². The summed E-state index contributed by atoms with van der Waals surface area (Å²) in [4.78, 5) is 52.0. The van der Waals surface area contributed by atoms with Crippen molar-refractivity contribution in [2.24, 2.45) is 7.05 Å². The quantitative estimate of drug-likeness (QED) is 0.189. The largest absolute Gasteiger partial charge is 0.343 e. The van der Waals surface area contributed by atoms with Crippen LogP contribution >= 0.6 is 23.2 Å². The third kappa shape index (κ3) is 6.00. The molecule has 7 rings (SSSR count). The van der Waals surface area contributed by atoms with Gasteiger partial charge in [-0.15, -0.1) is 0 Å². The summed E-state index contributed by atoms with van der Waals surface area (Å²) in [7, 11) is 1.84. The maximum absolute atomic E-state index is 14.4. The Morgan fingerprint density at radius 1 is 1.04 bits per heavy atom. The second-order valence-corrected chi connectivity index (χ2v) is 13.8. The molecule has 258 valence electrons. The van der Waals surface area contributed by atoms with E-state index in [1.54, 1.807) is 55.2 Å². The fourth-order valence-corrected chi connectivity index (χ4v) is 6.87. The number of aromatic nitrogens is 5. The molecule has 0 bridgehead atoms. The summed E-state index contributed by atoms with van der Waals surface area (Å²) in [6.07, 6.45) is 8.19. The van der Waals surface area contributed by atoms with E-state index in [-0.39, 0.29) is 33.8 Å². The van der Waals surface area contributed by atoms with Crippen LogP contribution in [0.1, 0.15) is 54.0 Å². The fourth-order valence-electron chi connectivity index (χ4n) is 6.40. The van der Waals surface area contributed by atoms with Crippen LogP contribution in [0.15, 0.2) is 73.3 Å². The van der Waals surface area contributed by atoms with Gasteiger partial charge in [-0.05, 0) is 62.6 Å². The van der Waals surface area contributed by atoms with Gasteiger partial charge >= 0.3 is 0 Å². The number of nitriles is 1. The molecule has 51 heavy (non-hydrogen) atoms. The number of nitrogens with zero attached hydrogens (tertiary/aromatic N) is 7. The molecular formula is C36H30Cl2FN9O3. The van der Waals surface area contributed by atoms with Crippen molar-refractivity contribution < 1.29 is 18.8 Å². The number of carbonyl (C=O) groups excluding carboxylic acids is 3. The summed E-state index contributed by atoms with van der Waals surface area (Å²) in [5.41, 5.74) is 1.80. The minimum absolute atomic E-state index is 0.0183. The maximum atomic E-state index is 14.4. The van der Waals surface area contributed by atoms with Crippen LogP contribution < -0.4 is 15.5 Å². The van der Waals surface area contributed by atoms with Gasteiger partial charge in [0.15, 0.2) is 5.82 Å². The zero-order chi connectivity index (χ0) is 36.2. The van der Waals surface area contributed by atoms with Crippen molar-refractivity contribution >= 4 is 52.6 Å².